The number of fused-ring (bicyclic) bond motifs is 1. The van der Waals surface area contributed by atoms with Crippen LogP contribution in [0, 0.1) is 17.8 Å². The zero-order valence-electron chi connectivity index (χ0n) is 9.80. The third kappa shape index (κ3) is 1.75. The Hall–Kier alpha value is -1.91. The van der Waals surface area contributed by atoms with E-state index in [0.717, 1.165) is 12.8 Å². The van der Waals surface area contributed by atoms with Crippen molar-refractivity contribution in [3.05, 3.63) is 24.0 Å². The van der Waals surface area contributed by atoms with Crippen LogP contribution < -0.4 is 5.32 Å². The van der Waals surface area contributed by atoms with Crippen LogP contribution in [-0.2, 0) is 4.79 Å². The Kier molecular flexibility index (Phi) is 2.54. The second kappa shape index (κ2) is 4.08. The first-order valence-electron chi connectivity index (χ1n) is 6.17. The van der Waals surface area contributed by atoms with E-state index in [-0.39, 0.29) is 17.5 Å². The van der Waals surface area contributed by atoms with Crippen LogP contribution in [0.15, 0.2) is 18.3 Å². The highest BCUT2D eigenvalue weighted by molar-refractivity contribution is 6.00. The van der Waals surface area contributed by atoms with E-state index in [1.807, 2.05) is 0 Å². The van der Waals surface area contributed by atoms with Gasteiger partial charge in [0.15, 0.2) is 5.69 Å². The molecule has 0 saturated heterocycles. The summed E-state index contributed by atoms with van der Waals surface area (Å²) in [5.74, 6) is -0.0485. The van der Waals surface area contributed by atoms with Crippen LogP contribution in [0.25, 0.3) is 0 Å². The molecule has 2 aliphatic rings. The van der Waals surface area contributed by atoms with Gasteiger partial charge < -0.3 is 10.4 Å². The predicted molar refractivity (Wildman–Crippen MR) is 64.1 cm³/mol. The van der Waals surface area contributed by atoms with E-state index in [9.17, 15) is 9.59 Å². The van der Waals surface area contributed by atoms with Crippen LogP contribution in [-0.4, -0.2) is 22.0 Å². The fraction of sp³-hybridized carbons (Fsp3) is 0.462. The first-order chi connectivity index (χ1) is 8.68. The van der Waals surface area contributed by atoms with Gasteiger partial charge in [0.05, 0.1) is 5.69 Å². The maximum atomic E-state index is 12.0. The van der Waals surface area contributed by atoms with Gasteiger partial charge in [0, 0.05) is 12.1 Å². The second-order valence-electron chi connectivity index (χ2n) is 4.98. The molecule has 1 aromatic heterocycles. The molecule has 1 amide bonds. The molecule has 1 heterocycles. The summed E-state index contributed by atoms with van der Waals surface area (Å²) in [5.41, 5.74) is 0.191. The van der Waals surface area contributed by atoms with Crippen molar-refractivity contribution in [3.8, 4) is 0 Å². The fourth-order valence-electron chi connectivity index (χ4n) is 3.10. The molecule has 1 aromatic rings. The summed E-state index contributed by atoms with van der Waals surface area (Å²) in [6, 6.07) is 3.20. The van der Waals surface area contributed by atoms with Crippen LogP contribution in [0.3, 0.4) is 0 Å². The van der Waals surface area contributed by atoms with E-state index < -0.39 is 5.97 Å². The van der Waals surface area contributed by atoms with Gasteiger partial charge in [-0.25, -0.2) is 9.78 Å². The summed E-state index contributed by atoms with van der Waals surface area (Å²) in [6.45, 7) is 0. The van der Waals surface area contributed by atoms with Crippen LogP contribution in [0.2, 0.25) is 0 Å². The Balaban J connectivity index is 1.73. The largest absolute Gasteiger partial charge is 0.476 e. The molecule has 18 heavy (non-hydrogen) atoms. The van der Waals surface area contributed by atoms with Gasteiger partial charge in [-0.05, 0) is 36.8 Å². The lowest BCUT2D eigenvalue weighted by Crippen LogP contribution is -2.19. The van der Waals surface area contributed by atoms with Crippen LogP contribution in [0.1, 0.15) is 29.8 Å². The molecule has 2 saturated carbocycles. The number of carboxylic acids is 1. The molecular weight excluding hydrogens is 232 g/mol. The van der Waals surface area contributed by atoms with Gasteiger partial charge in [0.2, 0.25) is 5.91 Å². The molecule has 2 N–H and O–H groups in total. The molecule has 2 aliphatic carbocycles. The third-order valence-electron chi connectivity index (χ3n) is 3.98. The molecule has 2 atom stereocenters. The Morgan fingerprint density at radius 3 is 2.72 bits per heavy atom. The zero-order valence-corrected chi connectivity index (χ0v) is 9.80. The molecule has 0 aromatic carbocycles. The van der Waals surface area contributed by atoms with Gasteiger partial charge in [-0.2, -0.15) is 0 Å². The average Bonchev–Trinajstić information content (AvgIpc) is 2.84. The number of carboxylic acid groups (broad SMARTS) is 1. The highest BCUT2D eigenvalue weighted by atomic mass is 16.4. The summed E-state index contributed by atoms with van der Waals surface area (Å²) in [6.07, 6.45) is 4.88. The van der Waals surface area contributed by atoms with Crippen molar-refractivity contribution in [1.29, 1.82) is 0 Å². The predicted octanol–water partition coefficient (Wildman–Crippen LogP) is 1.76. The summed E-state index contributed by atoms with van der Waals surface area (Å²) >= 11 is 0. The Labute approximate surface area is 104 Å². The molecule has 5 heteroatoms. The van der Waals surface area contributed by atoms with Crippen molar-refractivity contribution in [2.75, 3.05) is 5.32 Å². The molecule has 0 bridgehead atoms. The Bertz CT molecular complexity index is 505. The number of carbonyl (C=O) groups is 2. The number of rotatable bonds is 3. The summed E-state index contributed by atoms with van der Waals surface area (Å²) in [4.78, 5) is 26.8. The molecule has 0 spiro atoms. The molecule has 2 unspecified atom stereocenters. The Morgan fingerprint density at radius 1 is 1.33 bits per heavy atom. The quantitative estimate of drug-likeness (QED) is 0.851. The van der Waals surface area contributed by atoms with Gasteiger partial charge in [-0.3, -0.25) is 4.79 Å². The summed E-state index contributed by atoms with van der Waals surface area (Å²) in [5, 5.41) is 11.7. The van der Waals surface area contributed by atoms with E-state index in [1.54, 1.807) is 12.1 Å². The average molecular weight is 246 g/mol. The van der Waals surface area contributed by atoms with Gasteiger partial charge in [0.25, 0.3) is 0 Å². The van der Waals surface area contributed by atoms with Crippen LogP contribution in [0.4, 0.5) is 5.69 Å². The number of carbonyl (C=O) groups excluding carboxylic acids is 1. The lowest BCUT2D eigenvalue weighted by Gasteiger charge is -2.08. The highest BCUT2D eigenvalue weighted by Gasteiger charge is 2.56. The zero-order chi connectivity index (χ0) is 12.7. The minimum Gasteiger partial charge on any atom is -0.476 e. The number of aromatic nitrogens is 1. The molecule has 2 fully saturated rings. The monoisotopic (exact) mass is 246 g/mol. The SMILES string of the molecule is O=C(O)c1ncccc1NC(=O)C1C2CCCC21. The molecule has 0 radical (unpaired) electrons. The maximum absolute atomic E-state index is 12.0. The summed E-state index contributed by atoms with van der Waals surface area (Å²) < 4.78 is 0. The number of anilines is 1. The normalized spacial score (nSPS) is 28.6. The van der Waals surface area contributed by atoms with Crippen molar-refractivity contribution in [1.82, 2.24) is 4.98 Å². The van der Waals surface area contributed by atoms with Crippen molar-refractivity contribution in [3.63, 3.8) is 0 Å². The van der Waals surface area contributed by atoms with E-state index in [2.05, 4.69) is 10.3 Å². The fourth-order valence-corrected chi connectivity index (χ4v) is 3.10. The molecule has 94 valence electrons. The number of hydrogen-bond acceptors (Lipinski definition) is 3. The lowest BCUT2D eigenvalue weighted by atomic mass is 10.1. The topological polar surface area (TPSA) is 79.3 Å². The van der Waals surface area contributed by atoms with E-state index in [4.69, 9.17) is 5.11 Å². The van der Waals surface area contributed by atoms with Gasteiger partial charge in [0.1, 0.15) is 0 Å². The number of amides is 1. The van der Waals surface area contributed by atoms with Crippen LogP contribution in [0.5, 0.6) is 0 Å². The van der Waals surface area contributed by atoms with E-state index in [1.165, 1.54) is 12.6 Å². The molecule has 0 aliphatic heterocycles. The van der Waals surface area contributed by atoms with Gasteiger partial charge in [-0.1, -0.05) is 6.42 Å². The van der Waals surface area contributed by atoms with Crippen molar-refractivity contribution >= 4 is 17.6 Å². The van der Waals surface area contributed by atoms with Gasteiger partial charge in [-0.15, -0.1) is 0 Å². The number of nitrogens with one attached hydrogen (secondary N) is 1. The second-order valence-corrected chi connectivity index (χ2v) is 4.98. The van der Waals surface area contributed by atoms with E-state index >= 15 is 0 Å². The first kappa shape index (κ1) is 11.2. The summed E-state index contributed by atoms with van der Waals surface area (Å²) in [7, 11) is 0. The number of hydrogen-bond donors (Lipinski definition) is 2. The Morgan fingerprint density at radius 2 is 2.06 bits per heavy atom. The molecular formula is C13H14N2O3. The molecule has 5 nitrogen and oxygen atoms in total. The maximum Gasteiger partial charge on any atom is 0.356 e. The minimum absolute atomic E-state index is 0.0554. The minimum atomic E-state index is -1.12. The van der Waals surface area contributed by atoms with E-state index in [0.29, 0.717) is 17.5 Å². The van der Waals surface area contributed by atoms with Gasteiger partial charge >= 0.3 is 5.97 Å². The smallest absolute Gasteiger partial charge is 0.356 e. The molecule has 3 rings (SSSR count). The van der Waals surface area contributed by atoms with Crippen molar-refractivity contribution in [2.24, 2.45) is 17.8 Å². The number of nitrogens with zero attached hydrogens (tertiary/aromatic N) is 1. The van der Waals surface area contributed by atoms with Crippen LogP contribution >= 0.6 is 0 Å². The number of aromatic carboxylic acids is 1. The standard InChI is InChI=1S/C13H14N2O3/c16-12(10-7-3-1-4-8(7)10)15-9-5-2-6-14-11(9)13(17)18/h2,5-8,10H,1,3-4H2,(H,15,16)(H,17,18). The number of pyridine rings is 1. The highest BCUT2D eigenvalue weighted by Crippen LogP contribution is 2.57. The first-order valence-corrected chi connectivity index (χ1v) is 6.17. The lowest BCUT2D eigenvalue weighted by molar-refractivity contribution is -0.118. The van der Waals surface area contributed by atoms with Crippen molar-refractivity contribution in [2.45, 2.75) is 19.3 Å². The third-order valence-corrected chi connectivity index (χ3v) is 3.98. The van der Waals surface area contributed by atoms with Crippen molar-refractivity contribution < 1.29 is 14.7 Å².